The highest BCUT2D eigenvalue weighted by Gasteiger charge is 2.24. The Morgan fingerprint density at radius 2 is 1.88 bits per heavy atom. The Hall–Kier alpha value is -2.19. The monoisotopic (exact) mass is 351 g/mol. The summed E-state index contributed by atoms with van der Waals surface area (Å²) in [6, 6.07) is 5.73. The van der Waals surface area contributed by atoms with Crippen molar-refractivity contribution in [3.63, 3.8) is 0 Å². The van der Waals surface area contributed by atoms with Crippen molar-refractivity contribution in [1.29, 1.82) is 0 Å². The minimum absolute atomic E-state index is 0.0469. The number of ether oxygens (including phenoxy) is 1. The predicted octanol–water partition coefficient (Wildman–Crippen LogP) is 3.81. The molecular weight excluding hydrogens is 333 g/mol. The Morgan fingerprint density at radius 3 is 2.42 bits per heavy atom. The summed E-state index contributed by atoms with van der Waals surface area (Å²) in [4.78, 5) is 21.1. The predicted molar refractivity (Wildman–Crippen MR) is 91.1 cm³/mol. The lowest BCUT2D eigenvalue weighted by Crippen LogP contribution is -2.14. The van der Waals surface area contributed by atoms with Crippen molar-refractivity contribution in [3.05, 3.63) is 41.3 Å². The highest BCUT2D eigenvalue weighted by Crippen LogP contribution is 2.30. The molecule has 2 aromatic rings. The Balaban J connectivity index is 2.68. The summed E-state index contributed by atoms with van der Waals surface area (Å²) < 4.78 is 25.8. The average molecular weight is 351 g/mol. The number of nitrogens with one attached hydrogen (secondary N) is 1. The van der Waals surface area contributed by atoms with Crippen molar-refractivity contribution < 1.29 is 18.1 Å². The van der Waals surface area contributed by atoms with Crippen LogP contribution in [0.5, 0.6) is 0 Å². The number of carbonyl (C=O) groups is 1. The van der Waals surface area contributed by atoms with Gasteiger partial charge in [0.05, 0.1) is 25.6 Å². The molecule has 0 unspecified atom stereocenters. The third kappa shape index (κ3) is 4.01. The molecule has 1 aromatic carbocycles. The molecule has 1 aromatic heterocycles. The van der Waals surface area contributed by atoms with Gasteiger partial charge in [-0.15, -0.1) is 0 Å². The molecule has 0 atom stereocenters. The molecule has 0 fully saturated rings. The molecule has 0 saturated heterocycles. The minimum atomic E-state index is -0.538. The van der Waals surface area contributed by atoms with Gasteiger partial charge in [-0.1, -0.05) is 13.8 Å². The third-order valence-corrected chi connectivity index (χ3v) is 3.64. The standard InChI is InChI=1S/C16H18FN3O3S/c1-9(2)13-12(15(21)22-3)14(10-5-7-11(17)8-6-10)19-16(18-13)20-24-23-4/h5-9H,1-4H3,(H,18,19,20). The molecule has 0 spiro atoms. The maximum atomic E-state index is 13.2. The van der Waals surface area contributed by atoms with Gasteiger partial charge in [-0.2, -0.15) is 0 Å². The number of esters is 1. The molecule has 1 heterocycles. The van der Waals surface area contributed by atoms with Crippen LogP contribution in [0.3, 0.4) is 0 Å². The first-order chi connectivity index (χ1) is 11.5. The van der Waals surface area contributed by atoms with Gasteiger partial charge in [-0.3, -0.25) is 4.72 Å². The van der Waals surface area contributed by atoms with E-state index >= 15 is 0 Å². The van der Waals surface area contributed by atoms with Gasteiger partial charge in [0, 0.05) is 5.56 Å². The number of hydrogen-bond donors (Lipinski definition) is 1. The summed E-state index contributed by atoms with van der Waals surface area (Å²) >= 11 is 0.957. The van der Waals surface area contributed by atoms with E-state index in [4.69, 9.17) is 8.92 Å². The summed E-state index contributed by atoms with van der Waals surface area (Å²) in [7, 11) is 2.80. The second-order valence-corrected chi connectivity index (χ2v) is 5.87. The van der Waals surface area contributed by atoms with Gasteiger partial charge in [-0.05, 0) is 30.2 Å². The highest BCUT2D eigenvalue weighted by atomic mass is 32.2. The van der Waals surface area contributed by atoms with Crippen LogP contribution in [0.15, 0.2) is 24.3 Å². The van der Waals surface area contributed by atoms with E-state index in [0.717, 1.165) is 12.2 Å². The maximum Gasteiger partial charge on any atom is 0.341 e. The topological polar surface area (TPSA) is 73.3 Å². The van der Waals surface area contributed by atoms with E-state index in [1.165, 1.54) is 26.4 Å². The van der Waals surface area contributed by atoms with Crippen molar-refractivity contribution in [2.75, 3.05) is 18.9 Å². The smallest absolute Gasteiger partial charge is 0.341 e. The molecule has 128 valence electrons. The zero-order valence-corrected chi connectivity index (χ0v) is 14.6. The number of hydrogen-bond acceptors (Lipinski definition) is 7. The molecular formula is C16H18FN3O3S. The molecule has 0 saturated carbocycles. The van der Waals surface area contributed by atoms with E-state index in [1.807, 2.05) is 13.8 Å². The van der Waals surface area contributed by atoms with Crippen LogP contribution in [-0.2, 0) is 8.92 Å². The molecule has 0 aliphatic carbocycles. The van der Waals surface area contributed by atoms with Crippen LogP contribution in [0.4, 0.5) is 10.3 Å². The van der Waals surface area contributed by atoms with Gasteiger partial charge >= 0.3 is 5.97 Å². The van der Waals surface area contributed by atoms with Crippen molar-refractivity contribution in [1.82, 2.24) is 9.97 Å². The fourth-order valence-corrected chi connectivity index (χ4v) is 2.39. The van der Waals surface area contributed by atoms with Crippen LogP contribution in [-0.4, -0.2) is 30.2 Å². The third-order valence-electron chi connectivity index (χ3n) is 3.21. The molecule has 0 bridgehead atoms. The van der Waals surface area contributed by atoms with Crippen molar-refractivity contribution in [2.45, 2.75) is 19.8 Å². The van der Waals surface area contributed by atoms with E-state index < -0.39 is 5.97 Å². The molecule has 0 radical (unpaired) electrons. The maximum absolute atomic E-state index is 13.2. The Morgan fingerprint density at radius 1 is 1.21 bits per heavy atom. The Labute approximate surface area is 144 Å². The largest absolute Gasteiger partial charge is 0.465 e. The van der Waals surface area contributed by atoms with Crippen molar-refractivity contribution in [3.8, 4) is 11.3 Å². The van der Waals surface area contributed by atoms with E-state index in [1.54, 1.807) is 12.1 Å². The quantitative estimate of drug-likeness (QED) is 0.482. The zero-order valence-electron chi connectivity index (χ0n) is 13.8. The van der Waals surface area contributed by atoms with Gasteiger partial charge in [0.25, 0.3) is 0 Å². The molecule has 2 rings (SSSR count). The Kier molecular flexibility index (Phi) is 6.10. The first-order valence-corrected chi connectivity index (χ1v) is 7.94. The van der Waals surface area contributed by atoms with E-state index in [0.29, 0.717) is 17.0 Å². The van der Waals surface area contributed by atoms with Crippen LogP contribution >= 0.6 is 12.2 Å². The van der Waals surface area contributed by atoms with Crippen LogP contribution in [0, 0.1) is 5.82 Å². The first-order valence-electron chi connectivity index (χ1n) is 7.19. The molecule has 6 nitrogen and oxygen atoms in total. The van der Waals surface area contributed by atoms with Crippen LogP contribution in [0.25, 0.3) is 11.3 Å². The summed E-state index contributed by atoms with van der Waals surface area (Å²) in [5.74, 6) is -0.666. The number of carbonyl (C=O) groups excluding carboxylic acids is 1. The fourth-order valence-electron chi connectivity index (χ4n) is 2.14. The molecule has 0 amide bonds. The number of aromatic nitrogens is 2. The van der Waals surface area contributed by atoms with Crippen molar-refractivity contribution >= 4 is 24.1 Å². The van der Waals surface area contributed by atoms with Gasteiger partial charge in [0.2, 0.25) is 5.95 Å². The van der Waals surface area contributed by atoms with Gasteiger partial charge in [0.15, 0.2) is 0 Å². The number of rotatable bonds is 6. The minimum Gasteiger partial charge on any atom is -0.465 e. The molecule has 0 aliphatic rings. The van der Waals surface area contributed by atoms with E-state index in [-0.39, 0.29) is 23.2 Å². The van der Waals surface area contributed by atoms with Gasteiger partial charge in [-0.25, -0.2) is 19.2 Å². The number of halogens is 1. The van der Waals surface area contributed by atoms with E-state index in [2.05, 4.69) is 14.7 Å². The molecule has 8 heteroatoms. The average Bonchev–Trinajstić information content (AvgIpc) is 2.59. The second-order valence-electron chi connectivity index (χ2n) is 5.16. The first kappa shape index (κ1) is 18.2. The molecule has 24 heavy (non-hydrogen) atoms. The lowest BCUT2D eigenvalue weighted by Gasteiger charge is -2.16. The highest BCUT2D eigenvalue weighted by molar-refractivity contribution is 7.95. The van der Waals surface area contributed by atoms with Crippen LogP contribution in [0.1, 0.15) is 35.8 Å². The number of anilines is 1. The van der Waals surface area contributed by atoms with Gasteiger partial charge in [0.1, 0.15) is 23.6 Å². The van der Waals surface area contributed by atoms with Crippen LogP contribution in [0.2, 0.25) is 0 Å². The summed E-state index contributed by atoms with van der Waals surface area (Å²) in [5, 5.41) is 0. The SMILES string of the molecule is COSNc1nc(-c2ccc(F)cc2)c(C(=O)OC)c(C(C)C)n1. The normalized spacial score (nSPS) is 10.8. The van der Waals surface area contributed by atoms with E-state index in [9.17, 15) is 9.18 Å². The van der Waals surface area contributed by atoms with Crippen molar-refractivity contribution in [2.24, 2.45) is 0 Å². The van der Waals surface area contributed by atoms with Crippen LogP contribution < -0.4 is 4.72 Å². The molecule has 0 aliphatic heterocycles. The lowest BCUT2D eigenvalue weighted by atomic mass is 9.98. The number of nitrogens with zero attached hydrogens (tertiary/aromatic N) is 2. The van der Waals surface area contributed by atoms with Gasteiger partial charge < -0.3 is 8.92 Å². The lowest BCUT2D eigenvalue weighted by molar-refractivity contribution is 0.0599. The second kappa shape index (κ2) is 8.07. The summed E-state index contributed by atoms with van der Waals surface area (Å²) in [6.45, 7) is 3.83. The zero-order chi connectivity index (χ0) is 17.7. The summed E-state index contributed by atoms with van der Waals surface area (Å²) in [5.41, 5.74) is 1.77. The number of benzene rings is 1. The fraction of sp³-hybridized carbons (Fsp3) is 0.312. The summed E-state index contributed by atoms with van der Waals surface area (Å²) in [6.07, 6.45) is 0. The molecule has 1 N–H and O–H groups in total. The Bertz CT molecular complexity index is 723. The number of methoxy groups -OCH3 is 1.